The van der Waals surface area contributed by atoms with Gasteiger partial charge in [0.25, 0.3) is 0 Å². The highest BCUT2D eigenvalue weighted by Crippen LogP contribution is 2.36. The summed E-state index contributed by atoms with van der Waals surface area (Å²) in [6.45, 7) is 1.13. The lowest BCUT2D eigenvalue weighted by Crippen LogP contribution is -2.39. The zero-order valence-electron chi connectivity index (χ0n) is 9.82. The van der Waals surface area contributed by atoms with Gasteiger partial charge >= 0.3 is 0 Å². The van der Waals surface area contributed by atoms with Gasteiger partial charge in [0, 0.05) is 24.0 Å². The highest BCUT2D eigenvalue weighted by atomic mass is 14.9. The lowest BCUT2D eigenvalue weighted by molar-refractivity contribution is 0.346. The predicted octanol–water partition coefficient (Wildman–Crippen LogP) is 2.22. The fraction of sp³-hybridized carbons (Fsp3) is 0.400. The molecule has 1 aliphatic heterocycles. The van der Waals surface area contributed by atoms with Crippen molar-refractivity contribution < 1.29 is 0 Å². The Morgan fingerprint density at radius 2 is 2.35 bits per heavy atom. The van der Waals surface area contributed by atoms with Crippen LogP contribution >= 0.6 is 0 Å². The van der Waals surface area contributed by atoms with E-state index in [2.05, 4.69) is 28.4 Å². The van der Waals surface area contributed by atoms with Gasteiger partial charge in [0.1, 0.15) is 0 Å². The van der Waals surface area contributed by atoms with Crippen LogP contribution < -0.4 is 5.32 Å². The maximum Gasteiger partial charge on any atom is 0.0432 e. The van der Waals surface area contributed by atoms with Crippen LogP contribution in [0.4, 0.5) is 0 Å². The summed E-state index contributed by atoms with van der Waals surface area (Å²) in [6.07, 6.45) is 15.3. The van der Waals surface area contributed by atoms with E-state index in [0.717, 1.165) is 18.0 Å². The van der Waals surface area contributed by atoms with Crippen molar-refractivity contribution in [3.8, 4) is 12.3 Å². The lowest BCUT2D eigenvalue weighted by Gasteiger charge is -2.29. The molecule has 0 amide bonds. The van der Waals surface area contributed by atoms with Crippen LogP contribution in [-0.4, -0.2) is 17.6 Å². The molecule has 2 heteroatoms. The van der Waals surface area contributed by atoms with Gasteiger partial charge in [-0.15, -0.1) is 6.42 Å². The quantitative estimate of drug-likeness (QED) is 0.740. The number of nitrogens with zero attached hydrogens (tertiary/aromatic N) is 1. The molecule has 2 unspecified atom stereocenters. The van der Waals surface area contributed by atoms with E-state index in [1.807, 2.05) is 6.20 Å². The van der Waals surface area contributed by atoms with Crippen LogP contribution in [0, 0.1) is 18.3 Å². The highest BCUT2D eigenvalue weighted by Gasteiger charge is 2.32. The summed E-state index contributed by atoms with van der Waals surface area (Å²) < 4.78 is 0. The maximum absolute atomic E-state index is 5.42. The Balaban J connectivity index is 1.91. The summed E-state index contributed by atoms with van der Waals surface area (Å²) in [6, 6.07) is 2.58. The Morgan fingerprint density at radius 1 is 1.41 bits per heavy atom. The van der Waals surface area contributed by atoms with Gasteiger partial charge in [-0.25, -0.2) is 0 Å². The molecule has 0 radical (unpaired) electrons. The van der Waals surface area contributed by atoms with Crippen LogP contribution in [-0.2, 0) is 0 Å². The number of rotatable bonds is 1. The molecule has 2 nitrogen and oxygen atoms in total. The molecular formula is C15H16N2. The van der Waals surface area contributed by atoms with Crippen molar-refractivity contribution in [1.82, 2.24) is 10.3 Å². The molecule has 0 aromatic carbocycles. The first-order valence-electron chi connectivity index (χ1n) is 6.24. The van der Waals surface area contributed by atoms with Gasteiger partial charge in [-0.05, 0) is 48.9 Å². The first kappa shape index (κ1) is 10.6. The molecule has 1 aromatic rings. The standard InChI is InChI=1S/C15H16N2/c1-2-11-8-13(10-16-9-11)14-6-5-12-4-3-7-17-15(12)14/h1,6,8-10,12,15,17H,3-5,7H2. The van der Waals surface area contributed by atoms with Crippen LogP contribution in [0.2, 0.25) is 0 Å². The first-order chi connectivity index (χ1) is 8.38. The molecule has 1 saturated heterocycles. The Hall–Kier alpha value is -1.59. The number of terminal acetylenes is 1. The molecule has 1 aliphatic carbocycles. The third kappa shape index (κ3) is 1.87. The second-order valence-corrected chi connectivity index (χ2v) is 4.84. The number of piperidine rings is 1. The van der Waals surface area contributed by atoms with Crippen LogP contribution in [0.1, 0.15) is 30.4 Å². The van der Waals surface area contributed by atoms with Crippen molar-refractivity contribution >= 4 is 5.57 Å². The molecule has 2 heterocycles. The van der Waals surface area contributed by atoms with Crippen molar-refractivity contribution in [3.05, 3.63) is 35.7 Å². The van der Waals surface area contributed by atoms with Gasteiger partial charge in [-0.1, -0.05) is 12.0 Å². The predicted molar refractivity (Wildman–Crippen MR) is 69.3 cm³/mol. The Morgan fingerprint density at radius 3 is 3.24 bits per heavy atom. The van der Waals surface area contributed by atoms with Crippen LogP contribution in [0.15, 0.2) is 24.5 Å². The van der Waals surface area contributed by atoms with Gasteiger partial charge in [-0.3, -0.25) is 4.98 Å². The fourth-order valence-corrected chi connectivity index (χ4v) is 2.95. The monoisotopic (exact) mass is 224 g/mol. The summed E-state index contributed by atoms with van der Waals surface area (Å²) in [5.74, 6) is 3.42. The van der Waals surface area contributed by atoms with Crippen LogP contribution in [0.3, 0.4) is 0 Å². The summed E-state index contributed by atoms with van der Waals surface area (Å²) in [4.78, 5) is 4.23. The van der Waals surface area contributed by atoms with Gasteiger partial charge < -0.3 is 5.32 Å². The zero-order chi connectivity index (χ0) is 11.7. The average molecular weight is 224 g/mol. The minimum absolute atomic E-state index is 0.513. The van der Waals surface area contributed by atoms with E-state index in [1.165, 1.54) is 30.4 Å². The van der Waals surface area contributed by atoms with Crippen molar-refractivity contribution in [3.63, 3.8) is 0 Å². The second-order valence-electron chi connectivity index (χ2n) is 4.84. The number of fused-ring (bicyclic) bond motifs is 1. The second kappa shape index (κ2) is 4.35. The molecule has 17 heavy (non-hydrogen) atoms. The molecule has 2 aliphatic rings. The SMILES string of the molecule is C#Cc1cncc(C2=CCC3CCCNC23)c1. The van der Waals surface area contributed by atoms with E-state index in [1.54, 1.807) is 6.20 Å². The van der Waals surface area contributed by atoms with Gasteiger partial charge in [0.15, 0.2) is 0 Å². The fourth-order valence-electron chi connectivity index (χ4n) is 2.95. The topological polar surface area (TPSA) is 24.9 Å². The molecule has 1 aromatic heterocycles. The van der Waals surface area contributed by atoms with E-state index < -0.39 is 0 Å². The van der Waals surface area contributed by atoms with E-state index in [0.29, 0.717) is 6.04 Å². The third-order valence-corrected chi connectivity index (χ3v) is 3.80. The molecule has 0 spiro atoms. The molecule has 0 saturated carbocycles. The van der Waals surface area contributed by atoms with E-state index >= 15 is 0 Å². The summed E-state index contributed by atoms with van der Waals surface area (Å²) >= 11 is 0. The molecule has 86 valence electrons. The van der Waals surface area contributed by atoms with Crippen molar-refractivity contribution in [2.24, 2.45) is 5.92 Å². The number of hydrogen-bond acceptors (Lipinski definition) is 2. The average Bonchev–Trinajstić information content (AvgIpc) is 2.82. The number of pyridine rings is 1. The number of hydrogen-bond donors (Lipinski definition) is 1. The number of allylic oxidation sites excluding steroid dienone is 1. The molecule has 0 bridgehead atoms. The normalized spacial score (nSPS) is 27.1. The van der Waals surface area contributed by atoms with Gasteiger partial charge in [-0.2, -0.15) is 0 Å². The molecule has 2 atom stereocenters. The van der Waals surface area contributed by atoms with E-state index in [-0.39, 0.29) is 0 Å². The summed E-state index contributed by atoms with van der Waals surface area (Å²) in [5.41, 5.74) is 3.43. The van der Waals surface area contributed by atoms with Gasteiger partial charge in [0.2, 0.25) is 0 Å². The van der Waals surface area contributed by atoms with Crippen molar-refractivity contribution in [2.45, 2.75) is 25.3 Å². The third-order valence-electron chi connectivity index (χ3n) is 3.80. The number of aromatic nitrogens is 1. The van der Waals surface area contributed by atoms with Crippen LogP contribution in [0.25, 0.3) is 5.57 Å². The summed E-state index contributed by atoms with van der Waals surface area (Å²) in [5, 5.41) is 3.62. The maximum atomic E-state index is 5.42. The molecule has 1 N–H and O–H groups in total. The Labute approximate surface area is 102 Å². The van der Waals surface area contributed by atoms with Crippen molar-refractivity contribution in [1.29, 1.82) is 0 Å². The zero-order valence-corrected chi connectivity index (χ0v) is 9.82. The van der Waals surface area contributed by atoms with Crippen molar-refractivity contribution in [2.75, 3.05) is 6.54 Å². The van der Waals surface area contributed by atoms with E-state index in [4.69, 9.17) is 6.42 Å². The smallest absolute Gasteiger partial charge is 0.0432 e. The molecular weight excluding hydrogens is 208 g/mol. The Kier molecular flexibility index (Phi) is 2.70. The highest BCUT2D eigenvalue weighted by molar-refractivity contribution is 5.72. The molecule has 3 rings (SSSR count). The minimum atomic E-state index is 0.513. The Bertz CT molecular complexity index is 496. The van der Waals surface area contributed by atoms with E-state index in [9.17, 15) is 0 Å². The first-order valence-corrected chi connectivity index (χ1v) is 6.24. The largest absolute Gasteiger partial charge is 0.310 e. The number of nitrogens with one attached hydrogen (secondary N) is 1. The van der Waals surface area contributed by atoms with Gasteiger partial charge in [0.05, 0.1) is 0 Å². The minimum Gasteiger partial charge on any atom is -0.310 e. The lowest BCUT2D eigenvalue weighted by atomic mass is 9.88. The van der Waals surface area contributed by atoms with Crippen LogP contribution in [0.5, 0.6) is 0 Å². The molecule has 1 fully saturated rings. The summed E-state index contributed by atoms with van der Waals surface area (Å²) in [7, 11) is 0.